The quantitative estimate of drug-likeness (QED) is 0.810. The number of fused-ring (bicyclic) bond motifs is 1. The number of carbonyl (C=O) groups is 1. The highest BCUT2D eigenvalue weighted by molar-refractivity contribution is 8.00. The van der Waals surface area contributed by atoms with Gasteiger partial charge < -0.3 is 14.8 Å². The van der Waals surface area contributed by atoms with Crippen molar-refractivity contribution in [1.82, 2.24) is 5.32 Å². The number of nitrogens with one attached hydrogen (secondary N) is 1. The topological polar surface area (TPSA) is 81.7 Å². The molecule has 1 saturated heterocycles. The highest BCUT2D eigenvalue weighted by Gasteiger charge is 2.30. The van der Waals surface area contributed by atoms with Crippen LogP contribution in [0.5, 0.6) is 11.5 Å². The highest BCUT2D eigenvalue weighted by Crippen LogP contribution is 2.35. The van der Waals surface area contributed by atoms with Crippen molar-refractivity contribution in [3.63, 3.8) is 0 Å². The van der Waals surface area contributed by atoms with Crippen molar-refractivity contribution in [3.05, 3.63) is 18.2 Å². The number of benzene rings is 1. The molecule has 8 heteroatoms. The molecule has 1 amide bonds. The molecule has 1 fully saturated rings. The van der Waals surface area contributed by atoms with Crippen LogP contribution in [0.3, 0.4) is 0 Å². The van der Waals surface area contributed by atoms with E-state index in [0.29, 0.717) is 25.4 Å². The summed E-state index contributed by atoms with van der Waals surface area (Å²) in [5.74, 6) is 1.48. The van der Waals surface area contributed by atoms with Crippen molar-refractivity contribution in [3.8, 4) is 11.5 Å². The van der Waals surface area contributed by atoms with Gasteiger partial charge in [0, 0.05) is 17.4 Å². The minimum atomic E-state index is -2.99. The van der Waals surface area contributed by atoms with E-state index in [1.54, 1.807) is 0 Å². The number of rotatable bonds is 4. The molecular formula is C16H21NO5S2. The van der Waals surface area contributed by atoms with Crippen LogP contribution in [0.1, 0.15) is 19.8 Å². The normalized spacial score (nSPS) is 23.3. The molecule has 0 spiro atoms. The summed E-state index contributed by atoms with van der Waals surface area (Å²) >= 11 is 1.42. The number of sulfone groups is 1. The molecule has 0 radical (unpaired) electrons. The van der Waals surface area contributed by atoms with Crippen LogP contribution in [0.2, 0.25) is 0 Å². The van der Waals surface area contributed by atoms with E-state index >= 15 is 0 Å². The van der Waals surface area contributed by atoms with Crippen LogP contribution in [0.25, 0.3) is 0 Å². The summed E-state index contributed by atoms with van der Waals surface area (Å²) in [6.07, 6.45) is 1.34. The van der Waals surface area contributed by atoms with Gasteiger partial charge in [-0.25, -0.2) is 8.42 Å². The molecule has 2 heterocycles. The van der Waals surface area contributed by atoms with Crippen molar-refractivity contribution < 1.29 is 22.7 Å². The first kappa shape index (κ1) is 17.4. The summed E-state index contributed by atoms with van der Waals surface area (Å²) in [5, 5.41) is 2.51. The van der Waals surface area contributed by atoms with Gasteiger partial charge in [-0.05, 0) is 31.5 Å². The summed E-state index contributed by atoms with van der Waals surface area (Å²) < 4.78 is 34.2. The molecule has 1 aromatic carbocycles. The van der Waals surface area contributed by atoms with E-state index in [1.807, 2.05) is 25.1 Å². The number of amides is 1. The molecule has 132 valence electrons. The van der Waals surface area contributed by atoms with Crippen LogP contribution in [-0.2, 0) is 14.6 Å². The predicted octanol–water partition coefficient (Wildman–Crippen LogP) is 1.63. The molecule has 0 bridgehead atoms. The van der Waals surface area contributed by atoms with Crippen LogP contribution >= 0.6 is 11.8 Å². The third kappa shape index (κ3) is 4.36. The Morgan fingerprint density at radius 1 is 1.29 bits per heavy atom. The Bertz CT molecular complexity index is 719. The fourth-order valence-electron chi connectivity index (χ4n) is 2.70. The molecule has 0 aromatic heterocycles. The summed E-state index contributed by atoms with van der Waals surface area (Å²) in [6.45, 7) is 3.07. The zero-order valence-corrected chi connectivity index (χ0v) is 15.1. The van der Waals surface area contributed by atoms with Crippen molar-refractivity contribution >= 4 is 27.5 Å². The maximum Gasteiger partial charge on any atom is 0.233 e. The molecule has 24 heavy (non-hydrogen) atoms. The first-order chi connectivity index (χ1) is 11.4. The van der Waals surface area contributed by atoms with E-state index in [-0.39, 0.29) is 28.7 Å². The van der Waals surface area contributed by atoms with E-state index in [0.717, 1.165) is 17.1 Å². The van der Waals surface area contributed by atoms with Gasteiger partial charge >= 0.3 is 0 Å². The van der Waals surface area contributed by atoms with Gasteiger partial charge in [0.2, 0.25) is 5.91 Å². The molecule has 0 aliphatic carbocycles. The molecule has 2 aliphatic rings. The fourth-order valence-corrected chi connectivity index (χ4v) is 5.28. The average molecular weight is 371 g/mol. The Labute approximate surface area is 146 Å². The second-order valence-electron chi connectivity index (χ2n) is 6.03. The Hall–Kier alpha value is -1.41. The average Bonchev–Trinajstić information content (AvgIpc) is 2.73. The summed E-state index contributed by atoms with van der Waals surface area (Å²) in [5.41, 5.74) is 0. The third-order valence-corrected chi connectivity index (χ3v) is 6.84. The third-order valence-electron chi connectivity index (χ3n) is 3.98. The first-order valence-electron chi connectivity index (χ1n) is 8.00. The Morgan fingerprint density at radius 3 is 2.75 bits per heavy atom. The molecule has 6 nitrogen and oxygen atoms in total. The second kappa shape index (κ2) is 7.23. The minimum Gasteiger partial charge on any atom is -0.490 e. The Morgan fingerprint density at radius 2 is 2.04 bits per heavy atom. The molecule has 0 unspecified atom stereocenters. The van der Waals surface area contributed by atoms with Crippen molar-refractivity contribution in [1.29, 1.82) is 0 Å². The molecule has 1 aromatic rings. The molecule has 2 aliphatic heterocycles. The summed E-state index contributed by atoms with van der Waals surface area (Å²) in [4.78, 5) is 13.2. The Balaban J connectivity index is 1.59. The zero-order valence-electron chi connectivity index (χ0n) is 13.5. The van der Waals surface area contributed by atoms with E-state index in [1.165, 1.54) is 11.8 Å². The maximum absolute atomic E-state index is 12.3. The van der Waals surface area contributed by atoms with Gasteiger partial charge in [-0.2, -0.15) is 0 Å². The smallest absolute Gasteiger partial charge is 0.233 e. The second-order valence-corrected chi connectivity index (χ2v) is 9.67. The Kier molecular flexibility index (Phi) is 5.24. The largest absolute Gasteiger partial charge is 0.490 e. The van der Waals surface area contributed by atoms with Crippen LogP contribution in [0, 0.1) is 0 Å². The van der Waals surface area contributed by atoms with Crippen LogP contribution < -0.4 is 14.8 Å². The zero-order chi connectivity index (χ0) is 17.2. The fraction of sp³-hybridized carbons (Fsp3) is 0.562. The number of thioether (sulfide) groups is 1. The maximum atomic E-state index is 12.3. The molecule has 2 atom stereocenters. The number of hydrogen-bond acceptors (Lipinski definition) is 6. The lowest BCUT2D eigenvalue weighted by Gasteiger charge is -2.16. The highest BCUT2D eigenvalue weighted by atomic mass is 32.2. The predicted molar refractivity (Wildman–Crippen MR) is 92.6 cm³/mol. The van der Waals surface area contributed by atoms with Gasteiger partial charge in [-0.3, -0.25) is 4.79 Å². The lowest BCUT2D eigenvalue weighted by Crippen LogP contribution is -2.39. The van der Waals surface area contributed by atoms with Gasteiger partial charge in [0.05, 0.1) is 30.0 Å². The number of ether oxygens (including phenoxy) is 2. The van der Waals surface area contributed by atoms with Gasteiger partial charge in [0.25, 0.3) is 0 Å². The number of carbonyl (C=O) groups excluding carboxylic acids is 1. The van der Waals surface area contributed by atoms with Gasteiger partial charge in [0.1, 0.15) is 0 Å². The van der Waals surface area contributed by atoms with Gasteiger partial charge in [-0.1, -0.05) is 0 Å². The lowest BCUT2D eigenvalue weighted by atomic mass is 10.2. The van der Waals surface area contributed by atoms with Crippen LogP contribution in [0.15, 0.2) is 23.1 Å². The van der Waals surface area contributed by atoms with E-state index < -0.39 is 9.84 Å². The standard InChI is InChI=1S/C16H21NO5S2/c1-11(16(18)17-12-5-8-24(19,20)10-12)23-13-3-4-14-15(9-13)22-7-2-6-21-14/h3-4,9,11-12H,2,5-8,10H2,1H3,(H,17,18)/t11-,12-/m0/s1. The van der Waals surface area contributed by atoms with Crippen molar-refractivity contribution in [2.75, 3.05) is 24.7 Å². The van der Waals surface area contributed by atoms with Gasteiger partial charge in [-0.15, -0.1) is 11.8 Å². The lowest BCUT2D eigenvalue weighted by molar-refractivity contribution is -0.120. The van der Waals surface area contributed by atoms with Crippen LogP contribution in [-0.4, -0.2) is 50.3 Å². The first-order valence-corrected chi connectivity index (χ1v) is 10.7. The summed E-state index contributed by atoms with van der Waals surface area (Å²) in [6, 6.07) is 5.38. The van der Waals surface area contributed by atoms with Gasteiger partial charge in [0.15, 0.2) is 21.3 Å². The molecule has 3 rings (SSSR count). The molecule has 0 saturated carbocycles. The monoisotopic (exact) mass is 371 g/mol. The SMILES string of the molecule is C[C@H](Sc1ccc2c(c1)OCCCO2)C(=O)N[C@H]1CCS(=O)(=O)C1. The van der Waals surface area contributed by atoms with E-state index in [9.17, 15) is 13.2 Å². The van der Waals surface area contributed by atoms with Crippen LogP contribution in [0.4, 0.5) is 0 Å². The van der Waals surface area contributed by atoms with Crippen molar-refractivity contribution in [2.45, 2.75) is 36.0 Å². The molecule has 1 N–H and O–H groups in total. The van der Waals surface area contributed by atoms with E-state index in [2.05, 4.69) is 5.32 Å². The molecular weight excluding hydrogens is 350 g/mol. The summed E-state index contributed by atoms with van der Waals surface area (Å²) in [7, 11) is -2.99. The van der Waals surface area contributed by atoms with Crippen molar-refractivity contribution in [2.24, 2.45) is 0 Å². The van der Waals surface area contributed by atoms with E-state index in [4.69, 9.17) is 9.47 Å². The number of hydrogen-bond donors (Lipinski definition) is 1. The minimum absolute atomic E-state index is 0.0418.